The molecule has 1 aliphatic rings. The third-order valence-electron chi connectivity index (χ3n) is 3.88. The van der Waals surface area contributed by atoms with E-state index in [4.69, 9.17) is 4.74 Å². The minimum Gasteiger partial charge on any atom is -0.493 e. The van der Waals surface area contributed by atoms with Crippen LogP contribution in [0.3, 0.4) is 0 Å². The van der Waals surface area contributed by atoms with E-state index in [9.17, 15) is 0 Å². The quantitative estimate of drug-likeness (QED) is 0.253. The third kappa shape index (κ3) is 7.96. The molecule has 0 aromatic heterocycles. The van der Waals surface area contributed by atoms with Crippen LogP contribution in [0.15, 0.2) is 23.2 Å². The molecule has 0 atom stereocenters. The Balaban J connectivity index is 0.00000288. The maximum Gasteiger partial charge on any atom is 0.191 e. The fourth-order valence-electron chi connectivity index (χ4n) is 2.26. The van der Waals surface area contributed by atoms with Crippen LogP contribution in [0.5, 0.6) is 5.75 Å². The van der Waals surface area contributed by atoms with Gasteiger partial charge in [0.15, 0.2) is 5.96 Å². The van der Waals surface area contributed by atoms with Gasteiger partial charge in [-0.1, -0.05) is 12.1 Å². The van der Waals surface area contributed by atoms with E-state index in [1.165, 1.54) is 29.7 Å². The first-order valence-electron chi connectivity index (χ1n) is 8.38. The smallest absolute Gasteiger partial charge is 0.191 e. The summed E-state index contributed by atoms with van der Waals surface area (Å²) in [7, 11) is 1.81. The lowest BCUT2D eigenvalue weighted by Gasteiger charge is -2.15. The predicted molar refractivity (Wildman–Crippen MR) is 116 cm³/mol. The second-order valence-corrected chi connectivity index (χ2v) is 7.05. The second-order valence-electron chi connectivity index (χ2n) is 6.06. The molecule has 0 heterocycles. The fourth-order valence-corrected chi connectivity index (χ4v) is 2.69. The average Bonchev–Trinajstić information content (AvgIpc) is 3.38. The highest BCUT2D eigenvalue weighted by Crippen LogP contribution is 2.30. The van der Waals surface area contributed by atoms with E-state index < -0.39 is 0 Å². The van der Waals surface area contributed by atoms with Crippen molar-refractivity contribution in [3.05, 3.63) is 29.3 Å². The first kappa shape index (κ1) is 21.4. The van der Waals surface area contributed by atoms with E-state index in [2.05, 4.69) is 47.0 Å². The summed E-state index contributed by atoms with van der Waals surface area (Å²) in [4.78, 5) is 4.28. The normalized spacial score (nSPS) is 14.0. The number of halogens is 1. The van der Waals surface area contributed by atoms with Crippen LogP contribution in [0.2, 0.25) is 0 Å². The summed E-state index contributed by atoms with van der Waals surface area (Å²) in [6.07, 6.45) is 5.90. The van der Waals surface area contributed by atoms with E-state index in [0.717, 1.165) is 43.7 Å². The van der Waals surface area contributed by atoms with Crippen LogP contribution in [0, 0.1) is 12.8 Å². The molecular weight excluding hydrogens is 433 g/mol. The van der Waals surface area contributed by atoms with Gasteiger partial charge in [0.2, 0.25) is 0 Å². The molecule has 4 nitrogen and oxygen atoms in total. The van der Waals surface area contributed by atoms with Crippen molar-refractivity contribution < 1.29 is 4.74 Å². The minimum atomic E-state index is 0. The van der Waals surface area contributed by atoms with Crippen LogP contribution in [0.1, 0.15) is 30.4 Å². The summed E-state index contributed by atoms with van der Waals surface area (Å²) in [6.45, 7) is 4.62. The summed E-state index contributed by atoms with van der Waals surface area (Å²) < 4.78 is 6.02. The van der Waals surface area contributed by atoms with Gasteiger partial charge in [-0.15, -0.1) is 24.0 Å². The molecule has 0 saturated heterocycles. The lowest BCUT2D eigenvalue weighted by Crippen LogP contribution is -2.37. The average molecular weight is 463 g/mol. The Bertz CT molecular complexity index is 521. The largest absolute Gasteiger partial charge is 0.493 e. The number of guanidine groups is 1. The molecule has 0 aliphatic heterocycles. The summed E-state index contributed by atoms with van der Waals surface area (Å²) in [5.41, 5.74) is 2.42. The first-order valence-corrected chi connectivity index (χ1v) is 9.78. The van der Waals surface area contributed by atoms with Gasteiger partial charge in [-0.25, -0.2) is 0 Å². The molecule has 1 saturated carbocycles. The van der Waals surface area contributed by atoms with Crippen molar-refractivity contribution in [2.75, 3.05) is 32.2 Å². The molecular formula is C18H30IN3OS. The number of aryl methyl sites for hydroxylation is 1. The predicted octanol–water partition coefficient (Wildman–Crippen LogP) is 3.82. The van der Waals surface area contributed by atoms with Crippen molar-refractivity contribution in [2.45, 2.75) is 32.7 Å². The summed E-state index contributed by atoms with van der Waals surface area (Å²) in [5.74, 6) is 3.78. The minimum absolute atomic E-state index is 0. The number of nitrogens with zero attached hydrogens (tertiary/aromatic N) is 1. The molecule has 0 amide bonds. The molecule has 2 rings (SSSR count). The zero-order valence-corrected chi connectivity index (χ0v) is 18.1. The molecule has 1 fully saturated rings. The van der Waals surface area contributed by atoms with Crippen LogP contribution >= 0.6 is 35.7 Å². The van der Waals surface area contributed by atoms with Crippen molar-refractivity contribution >= 4 is 41.7 Å². The van der Waals surface area contributed by atoms with Crippen molar-refractivity contribution in [1.82, 2.24) is 10.6 Å². The summed E-state index contributed by atoms with van der Waals surface area (Å²) >= 11 is 1.87. The van der Waals surface area contributed by atoms with Gasteiger partial charge in [0.05, 0.1) is 6.61 Å². The molecule has 0 radical (unpaired) electrons. The van der Waals surface area contributed by atoms with Crippen molar-refractivity contribution in [1.29, 1.82) is 0 Å². The van der Waals surface area contributed by atoms with Gasteiger partial charge in [0.1, 0.15) is 5.75 Å². The Kier molecular flexibility index (Phi) is 10.6. The second kappa shape index (κ2) is 11.8. The summed E-state index contributed by atoms with van der Waals surface area (Å²) in [6, 6.07) is 6.41. The van der Waals surface area contributed by atoms with E-state index in [1.54, 1.807) is 0 Å². The van der Waals surface area contributed by atoms with Gasteiger partial charge in [-0.3, -0.25) is 4.99 Å². The molecule has 2 N–H and O–H groups in total. The highest BCUT2D eigenvalue weighted by molar-refractivity contribution is 14.0. The fraction of sp³-hybridized carbons (Fsp3) is 0.611. The van der Waals surface area contributed by atoms with Crippen molar-refractivity contribution in [3.63, 3.8) is 0 Å². The maximum absolute atomic E-state index is 6.02. The molecule has 1 aromatic rings. The van der Waals surface area contributed by atoms with E-state index in [1.807, 2.05) is 18.8 Å². The Morgan fingerprint density at radius 2 is 2.12 bits per heavy atom. The molecule has 6 heteroatoms. The third-order valence-corrected chi connectivity index (χ3v) is 4.58. The van der Waals surface area contributed by atoms with Gasteiger partial charge < -0.3 is 15.4 Å². The molecule has 0 bridgehead atoms. The number of benzene rings is 1. The first-order chi connectivity index (χ1) is 11.2. The lowest BCUT2D eigenvalue weighted by atomic mass is 10.1. The van der Waals surface area contributed by atoms with Crippen LogP contribution in [0.4, 0.5) is 0 Å². The lowest BCUT2D eigenvalue weighted by molar-refractivity contribution is 0.296. The van der Waals surface area contributed by atoms with E-state index in [-0.39, 0.29) is 24.0 Å². The Morgan fingerprint density at radius 3 is 2.79 bits per heavy atom. The Labute approximate surface area is 167 Å². The van der Waals surface area contributed by atoms with Gasteiger partial charge in [0, 0.05) is 25.7 Å². The Hall–Kier alpha value is -0.630. The van der Waals surface area contributed by atoms with Crippen LogP contribution in [-0.4, -0.2) is 38.2 Å². The SMILES string of the molecule is CN=C(NCCCSC)NCc1ccc(C)cc1OCC1CC1.I. The van der Waals surface area contributed by atoms with Gasteiger partial charge >= 0.3 is 0 Å². The number of rotatable bonds is 9. The number of hydrogen-bond acceptors (Lipinski definition) is 3. The van der Waals surface area contributed by atoms with Crippen LogP contribution in [0.25, 0.3) is 0 Å². The number of nitrogens with one attached hydrogen (secondary N) is 2. The summed E-state index contributed by atoms with van der Waals surface area (Å²) in [5, 5.41) is 6.73. The zero-order valence-electron chi connectivity index (χ0n) is 14.9. The van der Waals surface area contributed by atoms with Crippen molar-refractivity contribution in [2.24, 2.45) is 10.9 Å². The Morgan fingerprint density at radius 1 is 1.33 bits per heavy atom. The van der Waals surface area contributed by atoms with Gasteiger partial charge in [-0.2, -0.15) is 11.8 Å². The van der Waals surface area contributed by atoms with E-state index in [0.29, 0.717) is 0 Å². The maximum atomic E-state index is 6.02. The molecule has 136 valence electrons. The zero-order chi connectivity index (χ0) is 16.5. The number of ether oxygens (including phenoxy) is 1. The highest BCUT2D eigenvalue weighted by Gasteiger charge is 2.22. The number of aliphatic imine (C=N–C) groups is 1. The van der Waals surface area contributed by atoms with Crippen molar-refractivity contribution in [3.8, 4) is 5.75 Å². The number of hydrogen-bond donors (Lipinski definition) is 2. The molecule has 1 aliphatic carbocycles. The van der Waals surface area contributed by atoms with Crippen LogP contribution < -0.4 is 15.4 Å². The van der Waals surface area contributed by atoms with Gasteiger partial charge in [0.25, 0.3) is 0 Å². The molecule has 0 spiro atoms. The number of thioether (sulfide) groups is 1. The highest BCUT2D eigenvalue weighted by atomic mass is 127. The molecule has 1 aromatic carbocycles. The standard InChI is InChI=1S/C18H29N3OS.HI/c1-14-5-8-16(17(11-14)22-13-15-6-7-15)12-21-18(19-2)20-9-4-10-23-3;/h5,8,11,15H,4,6-7,9-10,12-13H2,1-3H3,(H2,19,20,21);1H. The molecule has 0 unspecified atom stereocenters. The molecule has 24 heavy (non-hydrogen) atoms. The van der Waals surface area contributed by atoms with Crippen LogP contribution in [-0.2, 0) is 6.54 Å². The van der Waals surface area contributed by atoms with E-state index >= 15 is 0 Å². The topological polar surface area (TPSA) is 45.7 Å². The monoisotopic (exact) mass is 463 g/mol. The van der Waals surface area contributed by atoms with Gasteiger partial charge in [-0.05, 0) is 55.7 Å².